The Kier molecular flexibility index (Phi) is 4.53. The summed E-state index contributed by atoms with van der Waals surface area (Å²) in [6, 6.07) is 7.06. The van der Waals surface area contributed by atoms with Gasteiger partial charge in [-0.05, 0) is 32.5 Å². The molecule has 1 saturated carbocycles. The van der Waals surface area contributed by atoms with Crippen LogP contribution in [-0.4, -0.2) is 59.2 Å². The van der Waals surface area contributed by atoms with Gasteiger partial charge in [-0.25, -0.2) is 0 Å². The van der Waals surface area contributed by atoms with E-state index in [1.165, 1.54) is 0 Å². The van der Waals surface area contributed by atoms with Gasteiger partial charge in [-0.3, -0.25) is 9.59 Å². The van der Waals surface area contributed by atoms with Crippen LogP contribution in [0.1, 0.15) is 23.7 Å². The molecule has 2 aliphatic rings. The van der Waals surface area contributed by atoms with Gasteiger partial charge in [-0.15, -0.1) is 23.2 Å². The third-order valence-electron chi connectivity index (χ3n) is 4.96. The van der Waals surface area contributed by atoms with Crippen LogP contribution in [0, 0.1) is 5.41 Å². The van der Waals surface area contributed by atoms with Gasteiger partial charge in [-0.1, -0.05) is 12.1 Å². The Morgan fingerprint density at radius 1 is 1.12 bits per heavy atom. The lowest BCUT2D eigenvalue weighted by molar-refractivity contribution is -0.120. The van der Waals surface area contributed by atoms with Crippen molar-refractivity contribution in [2.75, 3.05) is 38.5 Å². The Morgan fingerprint density at radius 2 is 1.71 bits per heavy atom. The molecule has 24 heavy (non-hydrogen) atoms. The molecule has 1 aliphatic heterocycles. The molecule has 1 saturated heterocycles. The van der Waals surface area contributed by atoms with Gasteiger partial charge >= 0.3 is 0 Å². The highest BCUT2D eigenvalue weighted by molar-refractivity contribution is 6.53. The van der Waals surface area contributed by atoms with Crippen molar-refractivity contribution in [3.05, 3.63) is 29.8 Å². The summed E-state index contributed by atoms with van der Waals surface area (Å²) in [7, 11) is 2.04. The van der Waals surface area contributed by atoms with Crippen molar-refractivity contribution in [3.8, 4) is 0 Å². The molecule has 0 radical (unpaired) electrons. The van der Waals surface area contributed by atoms with Gasteiger partial charge in [0.15, 0.2) is 0 Å². The fourth-order valence-electron chi connectivity index (χ4n) is 2.86. The third kappa shape index (κ3) is 3.13. The molecule has 1 aliphatic carbocycles. The smallest absolute Gasteiger partial charge is 0.256 e. The fourth-order valence-corrected chi connectivity index (χ4v) is 3.57. The minimum Gasteiger partial charge on any atom is -0.336 e. The van der Waals surface area contributed by atoms with Gasteiger partial charge in [0.25, 0.3) is 5.91 Å². The minimum absolute atomic E-state index is 0.0667. The van der Waals surface area contributed by atoms with Crippen molar-refractivity contribution < 1.29 is 9.59 Å². The molecule has 130 valence electrons. The maximum atomic E-state index is 12.8. The van der Waals surface area contributed by atoms with Crippen LogP contribution >= 0.6 is 23.2 Å². The van der Waals surface area contributed by atoms with Crippen LogP contribution in [0.2, 0.25) is 0 Å². The van der Waals surface area contributed by atoms with E-state index in [4.69, 9.17) is 23.2 Å². The maximum absolute atomic E-state index is 12.8. The fraction of sp³-hybridized carbons (Fsp3) is 0.529. The number of piperazine rings is 1. The second kappa shape index (κ2) is 6.21. The van der Waals surface area contributed by atoms with E-state index in [0.717, 1.165) is 13.1 Å². The van der Waals surface area contributed by atoms with Gasteiger partial charge in [0.05, 0.1) is 16.7 Å². The quantitative estimate of drug-likeness (QED) is 0.833. The largest absolute Gasteiger partial charge is 0.336 e. The number of carbonyl (C=O) groups is 2. The number of hydrogen-bond donors (Lipinski definition) is 1. The number of amides is 2. The molecule has 0 spiro atoms. The highest BCUT2D eigenvalue weighted by atomic mass is 35.5. The maximum Gasteiger partial charge on any atom is 0.256 e. The first-order valence-corrected chi connectivity index (χ1v) is 8.76. The van der Waals surface area contributed by atoms with E-state index >= 15 is 0 Å². The Morgan fingerprint density at radius 3 is 2.29 bits per heavy atom. The van der Waals surface area contributed by atoms with Gasteiger partial charge in [0.1, 0.15) is 4.33 Å². The molecule has 0 unspecified atom stereocenters. The molecule has 7 heteroatoms. The first-order chi connectivity index (χ1) is 11.2. The molecule has 2 amide bonds. The highest BCUT2D eigenvalue weighted by Crippen LogP contribution is 2.64. The van der Waals surface area contributed by atoms with E-state index in [0.29, 0.717) is 30.8 Å². The van der Waals surface area contributed by atoms with E-state index < -0.39 is 9.75 Å². The number of nitrogens with one attached hydrogen (secondary N) is 1. The number of halogens is 2. The number of anilines is 1. The SMILES string of the molecule is CN1CCN(C(=O)c2ccccc2NC(=O)[C@@]2(C)CC2(Cl)Cl)CC1. The van der Waals surface area contributed by atoms with Crippen LogP contribution in [-0.2, 0) is 4.79 Å². The summed E-state index contributed by atoms with van der Waals surface area (Å²) < 4.78 is -1.03. The van der Waals surface area contributed by atoms with Crippen LogP contribution in [0.3, 0.4) is 0 Å². The summed E-state index contributed by atoms with van der Waals surface area (Å²) in [6.45, 7) is 4.79. The molecule has 1 N–H and O–H groups in total. The number of para-hydroxylation sites is 1. The summed E-state index contributed by atoms with van der Waals surface area (Å²) in [4.78, 5) is 29.3. The molecule has 1 aromatic carbocycles. The molecule has 1 atom stereocenters. The van der Waals surface area contributed by atoms with Gasteiger partial charge in [0.2, 0.25) is 5.91 Å². The predicted molar refractivity (Wildman–Crippen MR) is 95.6 cm³/mol. The molecular weight excluding hydrogens is 349 g/mol. The van der Waals surface area contributed by atoms with Crippen molar-refractivity contribution in [1.82, 2.24) is 9.80 Å². The predicted octanol–water partition coefficient (Wildman–Crippen LogP) is 2.60. The summed E-state index contributed by atoms with van der Waals surface area (Å²) in [5.74, 6) is -0.325. The number of alkyl halides is 2. The second-order valence-corrected chi connectivity index (χ2v) is 8.29. The first kappa shape index (κ1) is 17.5. The van der Waals surface area contributed by atoms with Gasteiger partial charge in [0, 0.05) is 26.2 Å². The molecule has 1 aromatic rings. The first-order valence-electron chi connectivity index (χ1n) is 8.01. The van der Waals surface area contributed by atoms with E-state index in [1.54, 1.807) is 31.2 Å². The van der Waals surface area contributed by atoms with Crippen LogP contribution in [0.5, 0.6) is 0 Å². The topological polar surface area (TPSA) is 52.6 Å². The number of nitrogens with zero attached hydrogens (tertiary/aromatic N) is 2. The molecule has 0 aromatic heterocycles. The van der Waals surface area contributed by atoms with Crippen molar-refractivity contribution in [2.24, 2.45) is 5.41 Å². The normalized spacial score (nSPS) is 26.1. The number of benzene rings is 1. The number of carbonyl (C=O) groups excluding carboxylic acids is 2. The summed E-state index contributed by atoms with van der Waals surface area (Å²) in [6.07, 6.45) is 0.406. The monoisotopic (exact) mass is 369 g/mol. The standard InChI is InChI=1S/C17H21Cl2N3O2/c1-16(11-17(16,18)19)15(24)20-13-6-4-3-5-12(13)14(23)22-9-7-21(2)8-10-22/h3-6H,7-11H2,1-2H3,(H,20,24)/t16-/m1/s1. The zero-order valence-corrected chi connectivity index (χ0v) is 15.3. The average Bonchev–Trinajstić information content (AvgIpc) is 3.08. The van der Waals surface area contributed by atoms with Crippen LogP contribution < -0.4 is 5.32 Å². The van der Waals surface area contributed by atoms with Crippen LogP contribution in [0.15, 0.2) is 24.3 Å². The van der Waals surface area contributed by atoms with E-state index in [-0.39, 0.29) is 11.8 Å². The third-order valence-corrected chi connectivity index (χ3v) is 6.06. The zero-order valence-electron chi connectivity index (χ0n) is 13.8. The van der Waals surface area contributed by atoms with E-state index in [9.17, 15) is 9.59 Å². The molecule has 2 fully saturated rings. The number of likely N-dealkylation sites (N-methyl/N-ethyl adjacent to an activating group) is 1. The average molecular weight is 370 g/mol. The van der Waals surface area contributed by atoms with Gasteiger partial charge in [-0.2, -0.15) is 0 Å². The lowest BCUT2D eigenvalue weighted by atomic mass is 10.1. The molecule has 3 rings (SSSR count). The Bertz CT molecular complexity index is 672. The summed E-state index contributed by atoms with van der Waals surface area (Å²) in [5.41, 5.74) is 0.179. The van der Waals surface area contributed by atoms with Crippen LogP contribution in [0.25, 0.3) is 0 Å². The Hall–Kier alpha value is -1.30. The van der Waals surface area contributed by atoms with Crippen LogP contribution in [0.4, 0.5) is 5.69 Å². The second-order valence-electron chi connectivity index (χ2n) is 6.81. The van der Waals surface area contributed by atoms with Gasteiger partial charge < -0.3 is 15.1 Å². The minimum atomic E-state index is -1.03. The number of rotatable bonds is 3. The molecular formula is C17H21Cl2N3O2. The lowest BCUT2D eigenvalue weighted by Crippen LogP contribution is -2.47. The zero-order chi connectivity index (χ0) is 17.5. The van der Waals surface area contributed by atoms with Crippen molar-refractivity contribution in [1.29, 1.82) is 0 Å². The van der Waals surface area contributed by atoms with Crippen molar-refractivity contribution >= 4 is 40.7 Å². The lowest BCUT2D eigenvalue weighted by Gasteiger charge is -2.32. The summed E-state index contributed by atoms with van der Waals surface area (Å²) in [5, 5.41) is 2.83. The Labute approximate surface area is 151 Å². The number of hydrogen-bond acceptors (Lipinski definition) is 3. The molecule has 5 nitrogen and oxygen atoms in total. The molecule has 0 bridgehead atoms. The van der Waals surface area contributed by atoms with Crippen molar-refractivity contribution in [2.45, 2.75) is 17.7 Å². The van der Waals surface area contributed by atoms with Crippen molar-refractivity contribution in [3.63, 3.8) is 0 Å². The highest BCUT2D eigenvalue weighted by Gasteiger charge is 2.67. The van der Waals surface area contributed by atoms with E-state index in [1.807, 2.05) is 11.9 Å². The summed E-state index contributed by atoms with van der Waals surface area (Å²) >= 11 is 12.1. The van der Waals surface area contributed by atoms with E-state index in [2.05, 4.69) is 10.2 Å². The molecule has 1 heterocycles. The Balaban J connectivity index is 1.76.